The topological polar surface area (TPSA) is 66.5 Å². The lowest BCUT2D eigenvalue weighted by molar-refractivity contribution is -0.0550. The van der Waals surface area contributed by atoms with Crippen molar-refractivity contribution in [2.75, 3.05) is 41.1 Å². The Balaban J connectivity index is 1.72. The van der Waals surface area contributed by atoms with E-state index in [1.165, 1.54) is 0 Å². The molecule has 4 rings (SSSR count). The van der Waals surface area contributed by atoms with E-state index in [2.05, 4.69) is 0 Å². The van der Waals surface area contributed by atoms with Crippen LogP contribution in [0.2, 0.25) is 0 Å². The fraction of sp³-hybridized carbons (Fsp3) is 0.435. The first kappa shape index (κ1) is 20.3. The van der Waals surface area contributed by atoms with Gasteiger partial charge in [-0.25, -0.2) is 0 Å². The average Bonchev–Trinajstić information content (AvgIpc) is 2.94. The lowest BCUT2D eigenvalue weighted by Gasteiger charge is -2.39. The minimum atomic E-state index is -0.457. The van der Waals surface area contributed by atoms with Crippen molar-refractivity contribution < 1.29 is 28.5 Å². The van der Waals surface area contributed by atoms with Crippen LogP contribution < -0.4 is 18.9 Å². The molecule has 30 heavy (non-hydrogen) atoms. The Morgan fingerprint density at radius 2 is 1.67 bits per heavy atom. The van der Waals surface area contributed by atoms with Crippen molar-refractivity contribution in [1.82, 2.24) is 4.90 Å². The molecule has 0 unspecified atom stereocenters. The lowest BCUT2D eigenvalue weighted by atomic mass is 9.93. The van der Waals surface area contributed by atoms with Gasteiger partial charge in [0.05, 0.1) is 41.1 Å². The number of carbonyl (C=O) groups excluding carboxylic acids is 1. The van der Waals surface area contributed by atoms with Crippen molar-refractivity contribution in [3.8, 4) is 23.0 Å². The van der Waals surface area contributed by atoms with Crippen LogP contribution >= 0.6 is 0 Å². The predicted octanol–water partition coefficient (Wildman–Crippen LogP) is 3.30. The first-order valence-electron chi connectivity index (χ1n) is 10.0. The summed E-state index contributed by atoms with van der Waals surface area (Å²) < 4.78 is 28.3. The van der Waals surface area contributed by atoms with E-state index in [1.54, 1.807) is 33.5 Å². The van der Waals surface area contributed by atoms with Crippen LogP contribution in [0.1, 0.15) is 28.8 Å². The zero-order chi connectivity index (χ0) is 21.1. The van der Waals surface area contributed by atoms with Crippen molar-refractivity contribution in [2.24, 2.45) is 0 Å². The Kier molecular flexibility index (Phi) is 5.72. The van der Waals surface area contributed by atoms with Crippen molar-refractivity contribution in [2.45, 2.75) is 25.0 Å². The summed E-state index contributed by atoms with van der Waals surface area (Å²) >= 11 is 0. The molecule has 1 saturated heterocycles. The number of rotatable bonds is 4. The Morgan fingerprint density at radius 1 is 1.00 bits per heavy atom. The number of methoxy groups -OCH3 is 3. The zero-order valence-electron chi connectivity index (χ0n) is 17.6. The molecule has 2 aliphatic heterocycles. The van der Waals surface area contributed by atoms with Gasteiger partial charge < -0.3 is 28.6 Å². The third-order valence-corrected chi connectivity index (χ3v) is 5.74. The molecule has 1 fully saturated rings. The van der Waals surface area contributed by atoms with E-state index in [1.807, 2.05) is 29.2 Å². The molecule has 2 heterocycles. The molecule has 0 aliphatic carbocycles. The standard InChI is InChI=1S/C23H27NO6/c1-26-19-12-17(13-20(27-2)21(19)28-3)22(25)24-14-16-6-4-5-7-18(16)30-23(15-24)8-10-29-11-9-23/h4-7,12-13H,8-11,14-15H2,1-3H3. The van der Waals surface area contributed by atoms with Crippen LogP contribution in [0, 0.1) is 0 Å². The van der Waals surface area contributed by atoms with Gasteiger partial charge in [0.1, 0.15) is 11.4 Å². The molecule has 0 N–H and O–H groups in total. The first-order valence-corrected chi connectivity index (χ1v) is 10.0. The second-order valence-corrected chi connectivity index (χ2v) is 7.58. The van der Waals surface area contributed by atoms with Crippen molar-refractivity contribution >= 4 is 5.91 Å². The fourth-order valence-corrected chi connectivity index (χ4v) is 4.14. The van der Waals surface area contributed by atoms with E-state index in [0.717, 1.165) is 24.2 Å². The summed E-state index contributed by atoms with van der Waals surface area (Å²) in [5.41, 5.74) is 1.01. The van der Waals surface area contributed by atoms with Crippen LogP contribution in [0.25, 0.3) is 0 Å². The van der Waals surface area contributed by atoms with Gasteiger partial charge in [-0.05, 0) is 18.2 Å². The Morgan fingerprint density at radius 3 is 2.30 bits per heavy atom. The van der Waals surface area contributed by atoms with Crippen molar-refractivity contribution in [3.63, 3.8) is 0 Å². The molecule has 160 valence electrons. The molecule has 0 saturated carbocycles. The van der Waals surface area contributed by atoms with Gasteiger partial charge in [-0.15, -0.1) is 0 Å². The lowest BCUT2D eigenvalue weighted by Crippen LogP contribution is -2.50. The molecule has 2 aromatic rings. The zero-order valence-corrected chi connectivity index (χ0v) is 17.6. The van der Waals surface area contributed by atoms with E-state index in [4.69, 9.17) is 23.7 Å². The van der Waals surface area contributed by atoms with Gasteiger partial charge in [0, 0.05) is 30.5 Å². The molecule has 0 atom stereocenters. The largest absolute Gasteiger partial charge is 0.493 e. The van der Waals surface area contributed by atoms with Gasteiger partial charge in [0.25, 0.3) is 5.91 Å². The molecular formula is C23H27NO6. The van der Waals surface area contributed by atoms with Gasteiger partial charge in [0.2, 0.25) is 5.75 Å². The number of amides is 1. The summed E-state index contributed by atoms with van der Waals surface area (Å²) in [6, 6.07) is 11.3. The highest BCUT2D eigenvalue weighted by atomic mass is 16.5. The summed E-state index contributed by atoms with van der Waals surface area (Å²) in [4.78, 5) is 15.5. The summed E-state index contributed by atoms with van der Waals surface area (Å²) in [6.07, 6.45) is 1.47. The predicted molar refractivity (Wildman–Crippen MR) is 111 cm³/mol. The highest BCUT2D eigenvalue weighted by molar-refractivity contribution is 5.95. The molecule has 7 nitrogen and oxygen atoms in total. The van der Waals surface area contributed by atoms with Gasteiger partial charge >= 0.3 is 0 Å². The average molecular weight is 413 g/mol. The summed E-state index contributed by atoms with van der Waals surface area (Å²) in [5, 5.41) is 0. The molecular weight excluding hydrogens is 386 g/mol. The number of nitrogens with zero attached hydrogens (tertiary/aromatic N) is 1. The number of carbonyl (C=O) groups is 1. The second-order valence-electron chi connectivity index (χ2n) is 7.58. The number of benzene rings is 2. The Hall–Kier alpha value is -2.93. The van der Waals surface area contributed by atoms with Gasteiger partial charge in [0.15, 0.2) is 11.5 Å². The van der Waals surface area contributed by atoms with Crippen LogP contribution in [0.3, 0.4) is 0 Å². The molecule has 0 radical (unpaired) electrons. The maximum absolute atomic E-state index is 13.6. The van der Waals surface area contributed by atoms with Crippen molar-refractivity contribution in [1.29, 1.82) is 0 Å². The third-order valence-electron chi connectivity index (χ3n) is 5.74. The molecule has 2 aromatic carbocycles. The number of ether oxygens (including phenoxy) is 5. The minimum absolute atomic E-state index is 0.111. The molecule has 2 aliphatic rings. The van der Waals surface area contributed by atoms with Gasteiger partial charge in [-0.1, -0.05) is 18.2 Å². The second kappa shape index (κ2) is 8.44. The van der Waals surface area contributed by atoms with Crippen LogP contribution in [-0.2, 0) is 11.3 Å². The van der Waals surface area contributed by atoms with E-state index in [9.17, 15) is 4.79 Å². The number of hydrogen-bond donors (Lipinski definition) is 0. The normalized spacial score (nSPS) is 17.5. The number of fused-ring (bicyclic) bond motifs is 1. The highest BCUT2D eigenvalue weighted by Gasteiger charge is 2.41. The monoisotopic (exact) mass is 413 g/mol. The van der Waals surface area contributed by atoms with Crippen LogP contribution in [0.15, 0.2) is 36.4 Å². The van der Waals surface area contributed by atoms with E-state index >= 15 is 0 Å². The molecule has 0 aromatic heterocycles. The Labute approximate surface area is 176 Å². The van der Waals surface area contributed by atoms with E-state index in [-0.39, 0.29) is 5.91 Å². The maximum Gasteiger partial charge on any atom is 0.254 e. The van der Waals surface area contributed by atoms with Gasteiger partial charge in [-0.3, -0.25) is 4.79 Å². The number of para-hydroxylation sites is 1. The van der Waals surface area contributed by atoms with E-state index < -0.39 is 5.60 Å². The SMILES string of the molecule is COc1cc(C(=O)N2Cc3ccccc3OC3(CCOCC3)C2)cc(OC)c1OC. The molecule has 0 bridgehead atoms. The smallest absolute Gasteiger partial charge is 0.254 e. The Bertz CT molecular complexity index is 897. The summed E-state index contributed by atoms with van der Waals surface area (Å²) in [5.74, 6) is 2.09. The summed E-state index contributed by atoms with van der Waals surface area (Å²) in [7, 11) is 4.62. The van der Waals surface area contributed by atoms with Crippen molar-refractivity contribution in [3.05, 3.63) is 47.5 Å². The van der Waals surface area contributed by atoms with Crippen LogP contribution in [0.4, 0.5) is 0 Å². The molecule has 1 spiro atoms. The summed E-state index contributed by atoms with van der Waals surface area (Å²) in [6.45, 7) is 2.19. The van der Waals surface area contributed by atoms with Crippen LogP contribution in [-0.4, -0.2) is 57.5 Å². The van der Waals surface area contributed by atoms with Crippen LogP contribution in [0.5, 0.6) is 23.0 Å². The highest BCUT2D eigenvalue weighted by Crippen LogP contribution is 2.40. The maximum atomic E-state index is 13.6. The van der Waals surface area contributed by atoms with Gasteiger partial charge in [-0.2, -0.15) is 0 Å². The minimum Gasteiger partial charge on any atom is -0.493 e. The fourth-order valence-electron chi connectivity index (χ4n) is 4.14. The molecule has 1 amide bonds. The third kappa shape index (κ3) is 3.77. The van der Waals surface area contributed by atoms with E-state index in [0.29, 0.717) is 49.1 Å². The molecule has 7 heteroatoms. The number of hydrogen-bond acceptors (Lipinski definition) is 6. The first-order chi connectivity index (χ1) is 14.6. The quantitative estimate of drug-likeness (QED) is 0.766.